The molecule has 1 saturated heterocycles. The quantitative estimate of drug-likeness (QED) is 0.859. The highest BCUT2D eigenvalue weighted by Gasteiger charge is 2.15. The van der Waals surface area contributed by atoms with Gasteiger partial charge in [0.2, 0.25) is 0 Å². The molecule has 0 spiro atoms. The van der Waals surface area contributed by atoms with Crippen LogP contribution in [0.4, 0.5) is 0 Å². The smallest absolute Gasteiger partial charge is 0.0678 e. The Morgan fingerprint density at radius 3 is 2.45 bits per heavy atom. The highest BCUT2D eigenvalue weighted by molar-refractivity contribution is 5.24. The molecular weight excluding hydrogens is 248 g/mol. The van der Waals surface area contributed by atoms with Gasteiger partial charge < -0.3 is 5.01 Å². The van der Waals surface area contributed by atoms with E-state index in [0.29, 0.717) is 0 Å². The van der Waals surface area contributed by atoms with Crippen molar-refractivity contribution in [3.63, 3.8) is 0 Å². The van der Waals surface area contributed by atoms with E-state index in [1.54, 1.807) is 0 Å². The monoisotopic (exact) mass is 270 g/mol. The van der Waals surface area contributed by atoms with E-state index >= 15 is 0 Å². The number of hydrogen-bond acceptors (Lipinski definition) is 3. The Kier molecular flexibility index (Phi) is 3.47. The molecule has 0 N–H and O–H groups in total. The first-order valence-corrected chi connectivity index (χ1v) is 7.37. The molecule has 1 aliphatic heterocycles. The van der Waals surface area contributed by atoms with E-state index in [4.69, 9.17) is 4.98 Å². The fourth-order valence-corrected chi connectivity index (χ4v) is 2.84. The Labute approximate surface area is 120 Å². The van der Waals surface area contributed by atoms with Crippen LogP contribution in [0.15, 0.2) is 18.3 Å². The molecule has 0 saturated carbocycles. The number of aryl methyl sites for hydroxylation is 3. The van der Waals surface area contributed by atoms with Gasteiger partial charge in [0.15, 0.2) is 0 Å². The van der Waals surface area contributed by atoms with Crippen LogP contribution in [0.25, 0.3) is 0 Å². The zero-order chi connectivity index (χ0) is 14.1. The Morgan fingerprint density at radius 1 is 1.00 bits per heavy atom. The Morgan fingerprint density at radius 2 is 1.70 bits per heavy atom. The Balaban J connectivity index is 1.88. The van der Waals surface area contributed by atoms with E-state index in [9.17, 15) is 0 Å². The molecule has 0 radical (unpaired) electrons. The largest absolute Gasteiger partial charge is 0.313 e. The third-order valence-corrected chi connectivity index (χ3v) is 4.13. The normalized spacial score (nSPS) is 15.1. The van der Waals surface area contributed by atoms with Gasteiger partial charge in [-0.1, -0.05) is 0 Å². The lowest BCUT2D eigenvalue weighted by Crippen LogP contribution is -2.32. The molecule has 0 amide bonds. The van der Waals surface area contributed by atoms with Crippen LogP contribution in [0.2, 0.25) is 0 Å². The van der Waals surface area contributed by atoms with Crippen LogP contribution < -0.4 is 5.01 Å². The van der Waals surface area contributed by atoms with Crippen molar-refractivity contribution < 1.29 is 0 Å². The summed E-state index contributed by atoms with van der Waals surface area (Å²) >= 11 is 0. The van der Waals surface area contributed by atoms with E-state index in [2.05, 4.69) is 39.9 Å². The Hall–Kier alpha value is -1.84. The predicted molar refractivity (Wildman–Crippen MR) is 80.7 cm³/mol. The second-order valence-corrected chi connectivity index (χ2v) is 5.61. The zero-order valence-electron chi connectivity index (χ0n) is 12.6. The van der Waals surface area contributed by atoms with Gasteiger partial charge >= 0.3 is 0 Å². The van der Waals surface area contributed by atoms with Crippen LogP contribution in [0, 0.1) is 20.8 Å². The molecular formula is C16H22N4. The number of nitrogens with zero attached hydrogens (tertiary/aromatic N) is 4. The third kappa shape index (κ3) is 2.42. The summed E-state index contributed by atoms with van der Waals surface area (Å²) in [5.41, 5.74) is 5.49. The molecule has 4 heteroatoms. The highest BCUT2D eigenvalue weighted by Crippen LogP contribution is 2.16. The minimum Gasteiger partial charge on any atom is -0.313 e. The molecule has 0 aliphatic carbocycles. The average molecular weight is 270 g/mol. The van der Waals surface area contributed by atoms with Crippen LogP contribution in [0.1, 0.15) is 41.3 Å². The van der Waals surface area contributed by atoms with Gasteiger partial charge in [-0.05, 0) is 45.7 Å². The summed E-state index contributed by atoms with van der Waals surface area (Å²) in [5.74, 6) is 0. The SMILES string of the molecule is Cc1nc(C)c(Cc2cccn2N2CCCC2)nc1C. The molecule has 1 fully saturated rings. The maximum absolute atomic E-state index is 4.72. The van der Waals surface area contributed by atoms with Crippen LogP contribution in [-0.4, -0.2) is 27.7 Å². The van der Waals surface area contributed by atoms with Gasteiger partial charge in [0.1, 0.15) is 0 Å². The molecule has 3 rings (SSSR count). The second kappa shape index (κ2) is 5.27. The van der Waals surface area contributed by atoms with Gasteiger partial charge in [0.25, 0.3) is 0 Å². The molecule has 2 aromatic rings. The van der Waals surface area contributed by atoms with Gasteiger partial charge in [-0.2, -0.15) is 0 Å². The Bertz CT molecular complexity index is 609. The van der Waals surface area contributed by atoms with Crippen LogP contribution >= 0.6 is 0 Å². The molecule has 0 aromatic carbocycles. The van der Waals surface area contributed by atoms with Crippen molar-refractivity contribution in [2.45, 2.75) is 40.0 Å². The molecule has 106 valence electrons. The maximum atomic E-state index is 4.72. The van der Waals surface area contributed by atoms with E-state index in [-0.39, 0.29) is 0 Å². The number of rotatable bonds is 3. The van der Waals surface area contributed by atoms with E-state index in [1.807, 2.05) is 13.8 Å². The lowest BCUT2D eigenvalue weighted by Gasteiger charge is -2.22. The van der Waals surface area contributed by atoms with Crippen molar-refractivity contribution in [1.82, 2.24) is 14.6 Å². The topological polar surface area (TPSA) is 34.0 Å². The van der Waals surface area contributed by atoms with Gasteiger partial charge in [0, 0.05) is 31.4 Å². The first-order valence-electron chi connectivity index (χ1n) is 7.37. The predicted octanol–water partition coefficient (Wildman–Crippen LogP) is 2.53. The fourth-order valence-electron chi connectivity index (χ4n) is 2.84. The minimum atomic E-state index is 0.851. The van der Waals surface area contributed by atoms with Crippen molar-refractivity contribution in [2.75, 3.05) is 18.1 Å². The summed E-state index contributed by atoms with van der Waals surface area (Å²) in [5, 5.41) is 2.42. The minimum absolute atomic E-state index is 0.851. The van der Waals surface area contributed by atoms with Crippen molar-refractivity contribution in [3.05, 3.63) is 46.8 Å². The summed E-state index contributed by atoms with van der Waals surface area (Å²) in [6, 6.07) is 4.31. The molecule has 0 bridgehead atoms. The van der Waals surface area contributed by atoms with Crippen molar-refractivity contribution in [2.24, 2.45) is 0 Å². The molecule has 1 aliphatic rings. The standard InChI is InChI=1S/C16H22N4/c1-12-13(2)18-16(14(3)17-12)11-15-7-6-10-20(15)19-8-4-5-9-19/h6-7,10H,4-5,8-9,11H2,1-3H3. The molecule has 20 heavy (non-hydrogen) atoms. The summed E-state index contributed by atoms with van der Waals surface area (Å²) in [6.07, 6.45) is 5.59. The summed E-state index contributed by atoms with van der Waals surface area (Å²) in [6.45, 7) is 8.41. The summed E-state index contributed by atoms with van der Waals surface area (Å²) in [4.78, 5) is 9.32. The third-order valence-electron chi connectivity index (χ3n) is 4.13. The molecule has 0 unspecified atom stereocenters. The lowest BCUT2D eigenvalue weighted by molar-refractivity contribution is 0.639. The first-order chi connectivity index (χ1) is 9.65. The number of hydrogen-bond donors (Lipinski definition) is 0. The van der Waals surface area contributed by atoms with Crippen molar-refractivity contribution in [3.8, 4) is 0 Å². The molecule has 2 aromatic heterocycles. The fraction of sp³-hybridized carbons (Fsp3) is 0.500. The molecule has 3 heterocycles. The highest BCUT2D eigenvalue weighted by atomic mass is 15.5. The van der Waals surface area contributed by atoms with Gasteiger partial charge in [-0.25, -0.2) is 0 Å². The first kappa shape index (κ1) is 13.2. The average Bonchev–Trinajstić information content (AvgIpc) is 3.06. The lowest BCUT2D eigenvalue weighted by atomic mass is 10.2. The maximum Gasteiger partial charge on any atom is 0.0678 e. The van der Waals surface area contributed by atoms with Gasteiger partial charge in [-0.3, -0.25) is 14.6 Å². The van der Waals surface area contributed by atoms with Crippen molar-refractivity contribution >= 4 is 0 Å². The number of aromatic nitrogens is 3. The van der Waals surface area contributed by atoms with E-state index < -0.39 is 0 Å². The van der Waals surface area contributed by atoms with Crippen LogP contribution in [-0.2, 0) is 6.42 Å². The van der Waals surface area contributed by atoms with Crippen LogP contribution in [0.3, 0.4) is 0 Å². The summed E-state index contributed by atoms with van der Waals surface area (Å²) < 4.78 is 2.29. The zero-order valence-corrected chi connectivity index (χ0v) is 12.6. The van der Waals surface area contributed by atoms with Gasteiger partial charge in [0.05, 0.1) is 22.8 Å². The second-order valence-electron chi connectivity index (χ2n) is 5.61. The molecule has 0 atom stereocenters. The molecule has 4 nitrogen and oxygen atoms in total. The van der Waals surface area contributed by atoms with E-state index in [1.165, 1.54) is 18.5 Å². The van der Waals surface area contributed by atoms with Gasteiger partial charge in [-0.15, -0.1) is 0 Å². The van der Waals surface area contributed by atoms with Crippen LogP contribution in [0.5, 0.6) is 0 Å². The van der Waals surface area contributed by atoms with Crippen molar-refractivity contribution in [1.29, 1.82) is 0 Å². The summed E-state index contributed by atoms with van der Waals surface area (Å²) in [7, 11) is 0. The van der Waals surface area contributed by atoms with E-state index in [0.717, 1.165) is 42.3 Å².